The van der Waals surface area contributed by atoms with Crippen molar-refractivity contribution in [3.05, 3.63) is 29.8 Å². The molecule has 4 nitrogen and oxygen atoms in total. The number of cyclic esters (lactones) is 1. The Morgan fingerprint density at radius 1 is 1.40 bits per heavy atom. The maximum atomic E-state index is 11.3. The van der Waals surface area contributed by atoms with Gasteiger partial charge in [-0.25, -0.2) is 4.79 Å². The van der Waals surface area contributed by atoms with Crippen molar-refractivity contribution in [2.45, 2.75) is 12.5 Å². The van der Waals surface area contributed by atoms with Crippen LogP contribution in [0.15, 0.2) is 24.3 Å². The van der Waals surface area contributed by atoms with Crippen LogP contribution in [0.25, 0.3) is 0 Å². The summed E-state index contributed by atoms with van der Waals surface area (Å²) in [6.07, 6.45) is 0.434. The summed E-state index contributed by atoms with van der Waals surface area (Å²) >= 11 is 0. The molecule has 0 radical (unpaired) electrons. The summed E-state index contributed by atoms with van der Waals surface area (Å²) in [7, 11) is 1.74. The van der Waals surface area contributed by atoms with E-state index >= 15 is 0 Å². The summed E-state index contributed by atoms with van der Waals surface area (Å²) < 4.78 is 5.27. The fourth-order valence-electron chi connectivity index (χ4n) is 1.62. The molecule has 2 rings (SSSR count). The van der Waals surface area contributed by atoms with Gasteiger partial charge in [0.25, 0.3) is 0 Å². The van der Waals surface area contributed by atoms with E-state index in [1.165, 1.54) is 0 Å². The monoisotopic (exact) mass is 206 g/mol. The number of benzene rings is 1. The first-order chi connectivity index (χ1) is 7.16. The number of anilines is 1. The normalized spacial score (nSPS) is 21.3. The van der Waals surface area contributed by atoms with Crippen molar-refractivity contribution < 1.29 is 9.53 Å². The number of carbonyl (C=O) groups is 1. The number of amides is 1. The van der Waals surface area contributed by atoms with Gasteiger partial charge < -0.3 is 15.4 Å². The highest BCUT2D eigenvalue weighted by molar-refractivity contribution is 5.68. The first-order valence-corrected chi connectivity index (χ1v) is 4.94. The summed E-state index contributed by atoms with van der Waals surface area (Å²) in [5, 5.41) is 0. The Kier molecular flexibility index (Phi) is 2.49. The minimum atomic E-state index is -0.261. The number of nitrogen functional groups attached to an aromatic ring is 1. The molecule has 1 atom stereocenters. The molecule has 1 amide bonds. The third kappa shape index (κ3) is 2.03. The Labute approximate surface area is 88.6 Å². The van der Waals surface area contributed by atoms with Crippen LogP contribution in [0.4, 0.5) is 10.5 Å². The first kappa shape index (κ1) is 9.83. The van der Waals surface area contributed by atoms with Crippen molar-refractivity contribution >= 4 is 11.8 Å². The van der Waals surface area contributed by atoms with Crippen molar-refractivity contribution in [2.24, 2.45) is 0 Å². The van der Waals surface area contributed by atoms with E-state index in [1.54, 1.807) is 11.9 Å². The van der Waals surface area contributed by atoms with Crippen LogP contribution in [-0.4, -0.2) is 24.6 Å². The number of nitrogens with zero attached hydrogens (tertiary/aromatic N) is 1. The number of rotatable bonds is 1. The van der Waals surface area contributed by atoms with Gasteiger partial charge in [0.15, 0.2) is 0 Å². The SMILES string of the molecule is CN1CCC(c2ccc(N)cc2)OC1=O. The topological polar surface area (TPSA) is 55.6 Å². The van der Waals surface area contributed by atoms with Gasteiger partial charge in [-0.3, -0.25) is 0 Å². The molecule has 1 aromatic rings. The second-order valence-corrected chi connectivity index (χ2v) is 3.75. The van der Waals surface area contributed by atoms with Crippen LogP contribution in [0.1, 0.15) is 18.1 Å². The Hall–Kier alpha value is -1.71. The lowest BCUT2D eigenvalue weighted by Gasteiger charge is -2.29. The van der Waals surface area contributed by atoms with Gasteiger partial charge in [0, 0.05) is 25.7 Å². The Morgan fingerprint density at radius 3 is 2.67 bits per heavy atom. The van der Waals surface area contributed by atoms with Gasteiger partial charge in [-0.15, -0.1) is 0 Å². The molecule has 0 spiro atoms. The molecule has 0 bridgehead atoms. The third-order valence-electron chi connectivity index (χ3n) is 2.59. The van der Waals surface area contributed by atoms with Crippen LogP contribution < -0.4 is 5.73 Å². The van der Waals surface area contributed by atoms with Crippen LogP contribution in [0, 0.1) is 0 Å². The molecule has 1 heterocycles. The van der Waals surface area contributed by atoms with Crippen LogP contribution in [-0.2, 0) is 4.74 Å². The third-order valence-corrected chi connectivity index (χ3v) is 2.59. The predicted octanol–water partition coefficient (Wildman–Crippen LogP) is 1.78. The van der Waals surface area contributed by atoms with E-state index in [4.69, 9.17) is 10.5 Å². The summed E-state index contributed by atoms with van der Waals surface area (Å²) in [6, 6.07) is 7.44. The van der Waals surface area contributed by atoms with E-state index in [1.807, 2.05) is 24.3 Å². The Bertz CT molecular complexity index is 361. The van der Waals surface area contributed by atoms with E-state index in [9.17, 15) is 4.79 Å². The average molecular weight is 206 g/mol. The molecule has 4 heteroatoms. The highest BCUT2D eigenvalue weighted by Gasteiger charge is 2.25. The molecule has 0 aliphatic carbocycles. The molecular weight excluding hydrogens is 192 g/mol. The van der Waals surface area contributed by atoms with Crippen LogP contribution in [0.3, 0.4) is 0 Å². The average Bonchev–Trinajstić information content (AvgIpc) is 2.23. The quantitative estimate of drug-likeness (QED) is 0.712. The van der Waals surface area contributed by atoms with Crippen molar-refractivity contribution in [2.75, 3.05) is 19.3 Å². The van der Waals surface area contributed by atoms with Gasteiger partial charge in [-0.05, 0) is 17.7 Å². The molecule has 1 fully saturated rings. The van der Waals surface area contributed by atoms with Crippen LogP contribution in [0.5, 0.6) is 0 Å². The Morgan fingerprint density at radius 2 is 2.07 bits per heavy atom. The number of hydrogen-bond donors (Lipinski definition) is 1. The fraction of sp³-hybridized carbons (Fsp3) is 0.364. The highest BCUT2D eigenvalue weighted by Crippen LogP contribution is 2.26. The molecule has 80 valence electrons. The van der Waals surface area contributed by atoms with Crippen molar-refractivity contribution in [1.29, 1.82) is 0 Å². The molecule has 1 aliphatic rings. The fourth-order valence-corrected chi connectivity index (χ4v) is 1.62. The van der Waals surface area contributed by atoms with E-state index in [0.29, 0.717) is 0 Å². The van der Waals surface area contributed by atoms with Gasteiger partial charge in [0.1, 0.15) is 6.10 Å². The van der Waals surface area contributed by atoms with Crippen LogP contribution >= 0.6 is 0 Å². The summed E-state index contributed by atoms with van der Waals surface area (Å²) in [5.74, 6) is 0. The summed E-state index contributed by atoms with van der Waals surface area (Å²) in [6.45, 7) is 0.730. The molecule has 0 aromatic heterocycles. The van der Waals surface area contributed by atoms with Crippen molar-refractivity contribution in [1.82, 2.24) is 4.90 Å². The minimum absolute atomic E-state index is 0.130. The number of carbonyl (C=O) groups excluding carboxylic acids is 1. The number of hydrogen-bond acceptors (Lipinski definition) is 3. The lowest BCUT2D eigenvalue weighted by Crippen LogP contribution is -2.35. The van der Waals surface area contributed by atoms with E-state index in [2.05, 4.69) is 0 Å². The molecule has 1 aromatic carbocycles. The standard InChI is InChI=1S/C11H14N2O2/c1-13-7-6-10(15-11(13)14)8-2-4-9(12)5-3-8/h2-5,10H,6-7,12H2,1H3. The largest absolute Gasteiger partial charge is 0.441 e. The first-order valence-electron chi connectivity index (χ1n) is 4.94. The molecule has 0 saturated carbocycles. The molecule has 1 unspecified atom stereocenters. The van der Waals surface area contributed by atoms with Gasteiger partial charge in [0.2, 0.25) is 0 Å². The van der Waals surface area contributed by atoms with Gasteiger partial charge in [0.05, 0.1) is 0 Å². The zero-order chi connectivity index (χ0) is 10.8. The Balaban J connectivity index is 2.12. The number of nitrogens with two attached hydrogens (primary N) is 1. The van der Waals surface area contributed by atoms with Crippen LogP contribution in [0.2, 0.25) is 0 Å². The van der Waals surface area contributed by atoms with E-state index in [-0.39, 0.29) is 12.2 Å². The molecule has 15 heavy (non-hydrogen) atoms. The zero-order valence-corrected chi connectivity index (χ0v) is 8.64. The smallest absolute Gasteiger partial charge is 0.410 e. The second kappa shape index (κ2) is 3.81. The van der Waals surface area contributed by atoms with Gasteiger partial charge in [-0.2, -0.15) is 0 Å². The lowest BCUT2D eigenvalue weighted by atomic mass is 10.1. The number of ether oxygens (including phenoxy) is 1. The van der Waals surface area contributed by atoms with E-state index < -0.39 is 0 Å². The lowest BCUT2D eigenvalue weighted by molar-refractivity contribution is 0.0324. The summed E-state index contributed by atoms with van der Waals surface area (Å²) in [4.78, 5) is 12.9. The minimum Gasteiger partial charge on any atom is -0.441 e. The maximum absolute atomic E-state index is 11.3. The zero-order valence-electron chi connectivity index (χ0n) is 8.64. The molecule has 1 saturated heterocycles. The second-order valence-electron chi connectivity index (χ2n) is 3.75. The van der Waals surface area contributed by atoms with Crippen molar-refractivity contribution in [3.63, 3.8) is 0 Å². The predicted molar refractivity (Wildman–Crippen MR) is 57.3 cm³/mol. The molecule has 2 N–H and O–H groups in total. The van der Waals surface area contributed by atoms with Gasteiger partial charge >= 0.3 is 6.09 Å². The maximum Gasteiger partial charge on any atom is 0.410 e. The van der Waals surface area contributed by atoms with E-state index in [0.717, 1.165) is 24.2 Å². The summed E-state index contributed by atoms with van der Waals surface area (Å²) in [5.41, 5.74) is 7.32. The molecule has 1 aliphatic heterocycles. The highest BCUT2D eigenvalue weighted by atomic mass is 16.6. The van der Waals surface area contributed by atoms with Gasteiger partial charge in [-0.1, -0.05) is 12.1 Å². The van der Waals surface area contributed by atoms with Crippen molar-refractivity contribution in [3.8, 4) is 0 Å². The molecular formula is C11H14N2O2.